The van der Waals surface area contributed by atoms with Crippen molar-refractivity contribution in [1.29, 1.82) is 0 Å². The smallest absolute Gasteiger partial charge is 0.329 e. The van der Waals surface area contributed by atoms with Gasteiger partial charge in [-0.2, -0.15) is 11.8 Å². The van der Waals surface area contributed by atoms with Crippen molar-refractivity contribution in [1.82, 2.24) is 10.7 Å². The highest BCUT2D eigenvalue weighted by atomic mass is 32.2. The second kappa shape index (κ2) is 5.37. The molecule has 5 heteroatoms. The number of thioether (sulfide) groups is 1. The first-order valence-electron chi connectivity index (χ1n) is 2.96. The summed E-state index contributed by atoms with van der Waals surface area (Å²) in [7, 11) is 0. The van der Waals surface area contributed by atoms with Crippen molar-refractivity contribution in [3.63, 3.8) is 0 Å². The van der Waals surface area contributed by atoms with Crippen molar-refractivity contribution in [2.75, 3.05) is 12.0 Å². The SMILES string of the molecule is CSCC(C)NC(=O)NN. The standard InChI is InChI=1S/C5H13N3OS/c1-4(3-10-2)7-5(9)8-6/h4H,3,6H2,1-2H3,(H2,7,8,9). The summed E-state index contributed by atoms with van der Waals surface area (Å²) in [6.07, 6.45) is 1.98. The zero-order valence-corrected chi connectivity index (χ0v) is 6.99. The minimum absolute atomic E-state index is 0.165. The van der Waals surface area contributed by atoms with E-state index in [-0.39, 0.29) is 12.1 Å². The maximum Gasteiger partial charge on any atom is 0.329 e. The normalized spacial score (nSPS) is 12.3. The van der Waals surface area contributed by atoms with E-state index in [2.05, 4.69) is 5.32 Å². The molecule has 0 bridgehead atoms. The molecule has 0 aliphatic carbocycles. The lowest BCUT2D eigenvalue weighted by Gasteiger charge is -2.10. The molecule has 0 aliphatic heterocycles. The Morgan fingerprint density at radius 3 is 2.80 bits per heavy atom. The van der Waals surface area contributed by atoms with Crippen LogP contribution in [0.2, 0.25) is 0 Å². The molecule has 1 atom stereocenters. The topological polar surface area (TPSA) is 67.2 Å². The number of amides is 2. The molecule has 0 saturated carbocycles. The zero-order chi connectivity index (χ0) is 7.98. The molecule has 1 unspecified atom stereocenters. The Balaban J connectivity index is 3.37. The Morgan fingerprint density at radius 2 is 2.40 bits per heavy atom. The van der Waals surface area contributed by atoms with Crippen LogP contribution in [-0.4, -0.2) is 24.1 Å². The van der Waals surface area contributed by atoms with Crippen LogP contribution in [0.25, 0.3) is 0 Å². The number of nitrogens with two attached hydrogens (primary N) is 1. The van der Waals surface area contributed by atoms with Crippen LogP contribution in [0.5, 0.6) is 0 Å². The van der Waals surface area contributed by atoms with Crippen LogP contribution in [0, 0.1) is 0 Å². The third-order valence-corrected chi connectivity index (χ3v) is 1.76. The molecule has 60 valence electrons. The predicted molar refractivity (Wildman–Crippen MR) is 43.7 cm³/mol. The Kier molecular flexibility index (Phi) is 5.15. The Morgan fingerprint density at radius 1 is 1.80 bits per heavy atom. The lowest BCUT2D eigenvalue weighted by atomic mass is 10.4. The van der Waals surface area contributed by atoms with Crippen LogP contribution in [0.3, 0.4) is 0 Å². The molecule has 0 aromatic carbocycles. The molecule has 4 nitrogen and oxygen atoms in total. The molecule has 0 heterocycles. The summed E-state index contributed by atoms with van der Waals surface area (Å²) in [6.45, 7) is 1.92. The average Bonchev–Trinajstić information content (AvgIpc) is 1.88. The van der Waals surface area contributed by atoms with E-state index in [4.69, 9.17) is 5.84 Å². The van der Waals surface area contributed by atoms with Gasteiger partial charge in [0.2, 0.25) is 0 Å². The van der Waals surface area contributed by atoms with Crippen LogP contribution in [0.1, 0.15) is 6.92 Å². The van der Waals surface area contributed by atoms with E-state index in [1.165, 1.54) is 0 Å². The second-order valence-corrected chi connectivity index (χ2v) is 2.88. The largest absolute Gasteiger partial charge is 0.334 e. The summed E-state index contributed by atoms with van der Waals surface area (Å²) in [5.74, 6) is 5.74. The van der Waals surface area contributed by atoms with Gasteiger partial charge in [-0.05, 0) is 13.2 Å². The average molecular weight is 163 g/mol. The maximum atomic E-state index is 10.5. The summed E-state index contributed by atoms with van der Waals surface area (Å²) in [6, 6.07) is -0.167. The molecule has 0 spiro atoms. The summed E-state index contributed by atoms with van der Waals surface area (Å²) >= 11 is 1.68. The molecule has 0 aromatic rings. The number of carbonyl (C=O) groups is 1. The van der Waals surface area contributed by atoms with Gasteiger partial charge >= 0.3 is 6.03 Å². The van der Waals surface area contributed by atoms with E-state index in [0.717, 1.165) is 5.75 Å². The van der Waals surface area contributed by atoms with Gasteiger partial charge in [-0.3, -0.25) is 5.43 Å². The van der Waals surface area contributed by atoms with Gasteiger partial charge in [0, 0.05) is 11.8 Å². The van der Waals surface area contributed by atoms with Crippen molar-refractivity contribution in [2.45, 2.75) is 13.0 Å². The van der Waals surface area contributed by atoms with Crippen molar-refractivity contribution in [3.8, 4) is 0 Å². The van der Waals surface area contributed by atoms with Crippen molar-refractivity contribution >= 4 is 17.8 Å². The zero-order valence-electron chi connectivity index (χ0n) is 6.18. The molecule has 0 rings (SSSR count). The number of hydrogen-bond acceptors (Lipinski definition) is 3. The van der Waals surface area contributed by atoms with Gasteiger partial charge in [0.05, 0.1) is 0 Å². The molecule has 0 aromatic heterocycles. The fourth-order valence-corrected chi connectivity index (χ4v) is 1.14. The molecule has 4 N–H and O–H groups in total. The number of urea groups is 1. The summed E-state index contributed by atoms with van der Waals surface area (Å²) < 4.78 is 0. The van der Waals surface area contributed by atoms with Crippen molar-refractivity contribution < 1.29 is 4.79 Å². The van der Waals surface area contributed by atoms with E-state index in [1.54, 1.807) is 11.8 Å². The van der Waals surface area contributed by atoms with Crippen LogP contribution < -0.4 is 16.6 Å². The van der Waals surface area contributed by atoms with E-state index in [9.17, 15) is 4.79 Å². The maximum absolute atomic E-state index is 10.5. The molecule has 0 fully saturated rings. The summed E-state index contributed by atoms with van der Waals surface area (Å²) in [5, 5.41) is 2.63. The van der Waals surface area contributed by atoms with Crippen LogP contribution in [0.4, 0.5) is 4.79 Å². The number of carbonyl (C=O) groups excluding carboxylic acids is 1. The van der Waals surface area contributed by atoms with Crippen LogP contribution in [0.15, 0.2) is 0 Å². The predicted octanol–water partition coefficient (Wildman–Crippen LogP) is -0.0892. The number of rotatable bonds is 3. The molecular weight excluding hydrogens is 150 g/mol. The monoisotopic (exact) mass is 163 g/mol. The first-order valence-corrected chi connectivity index (χ1v) is 4.36. The highest BCUT2D eigenvalue weighted by molar-refractivity contribution is 7.98. The van der Waals surface area contributed by atoms with Gasteiger partial charge in [-0.1, -0.05) is 0 Å². The Hall–Kier alpha value is -0.420. The quantitative estimate of drug-likeness (QED) is 0.309. The number of nitrogens with one attached hydrogen (secondary N) is 2. The molecule has 0 aliphatic rings. The highest BCUT2D eigenvalue weighted by Gasteiger charge is 2.02. The Labute approximate surface area is 64.9 Å². The highest BCUT2D eigenvalue weighted by Crippen LogP contribution is 1.94. The first kappa shape index (κ1) is 9.58. The first-order chi connectivity index (χ1) is 4.70. The van der Waals surface area contributed by atoms with E-state index in [1.807, 2.05) is 18.6 Å². The number of hydrogen-bond donors (Lipinski definition) is 3. The molecule has 2 amide bonds. The minimum atomic E-state index is -0.332. The number of hydrazine groups is 1. The third-order valence-electron chi connectivity index (χ3n) is 0.925. The van der Waals surface area contributed by atoms with Gasteiger partial charge in [-0.25, -0.2) is 10.6 Å². The van der Waals surface area contributed by atoms with E-state index in [0.29, 0.717) is 0 Å². The van der Waals surface area contributed by atoms with Gasteiger partial charge in [-0.15, -0.1) is 0 Å². The fraction of sp³-hybridized carbons (Fsp3) is 0.800. The molecule has 10 heavy (non-hydrogen) atoms. The van der Waals surface area contributed by atoms with Gasteiger partial charge < -0.3 is 5.32 Å². The van der Waals surface area contributed by atoms with E-state index >= 15 is 0 Å². The van der Waals surface area contributed by atoms with Gasteiger partial charge in [0.1, 0.15) is 0 Å². The third kappa shape index (κ3) is 4.46. The lowest BCUT2D eigenvalue weighted by molar-refractivity contribution is 0.239. The molecular formula is C5H13N3OS. The van der Waals surface area contributed by atoms with E-state index < -0.39 is 0 Å². The summed E-state index contributed by atoms with van der Waals surface area (Å²) in [5.41, 5.74) is 1.99. The van der Waals surface area contributed by atoms with Gasteiger partial charge in [0.25, 0.3) is 0 Å². The Bertz CT molecular complexity index is 109. The van der Waals surface area contributed by atoms with Gasteiger partial charge in [0.15, 0.2) is 0 Å². The lowest BCUT2D eigenvalue weighted by Crippen LogP contribution is -2.44. The molecule has 0 saturated heterocycles. The van der Waals surface area contributed by atoms with Crippen molar-refractivity contribution in [2.24, 2.45) is 5.84 Å². The second-order valence-electron chi connectivity index (χ2n) is 1.97. The van der Waals surface area contributed by atoms with Crippen molar-refractivity contribution in [3.05, 3.63) is 0 Å². The molecule has 0 radical (unpaired) electrons. The van der Waals surface area contributed by atoms with Crippen LogP contribution in [-0.2, 0) is 0 Å². The minimum Gasteiger partial charge on any atom is -0.334 e. The fourth-order valence-electron chi connectivity index (χ4n) is 0.557. The summed E-state index contributed by atoms with van der Waals surface area (Å²) in [4.78, 5) is 10.5. The van der Waals surface area contributed by atoms with Crippen LogP contribution >= 0.6 is 11.8 Å².